The highest BCUT2D eigenvalue weighted by Crippen LogP contribution is 2.32. The van der Waals surface area contributed by atoms with Crippen molar-refractivity contribution in [2.45, 2.75) is 17.7 Å². The van der Waals surface area contributed by atoms with Gasteiger partial charge >= 0.3 is 0 Å². The van der Waals surface area contributed by atoms with Crippen LogP contribution in [0.15, 0.2) is 59.6 Å². The van der Waals surface area contributed by atoms with Crippen LogP contribution in [0.1, 0.15) is 12.6 Å². The number of halogens is 3. The van der Waals surface area contributed by atoms with Gasteiger partial charge in [-0.3, -0.25) is 4.57 Å². The first kappa shape index (κ1) is 18.5. The van der Waals surface area contributed by atoms with E-state index in [1.54, 1.807) is 36.4 Å². The van der Waals surface area contributed by atoms with Crippen molar-refractivity contribution in [3.05, 3.63) is 65.4 Å². The summed E-state index contributed by atoms with van der Waals surface area (Å²) in [4.78, 5) is 4.22. The molecule has 136 valence electrons. The number of rotatable bonds is 4. The number of sulfone groups is 1. The van der Waals surface area contributed by atoms with E-state index < -0.39 is 15.8 Å². The molecule has 0 atom stereocenters. The Morgan fingerprint density at radius 1 is 1.12 bits per heavy atom. The van der Waals surface area contributed by atoms with Crippen LogP contribution >= 0.6 is 11.6 Å². The van der Waals surface area contributed by atoms with E-state index in [0.29, 0.717) is 16.3 Å². The molecule has 0 aliphatic heterocycles. The lowest BCUT2D eigenvalue weighted by molar-refractivity contribution is 0.0132. The maximum Gasteiger partial charge on any atom is 0.288 e. The topological polar surface area (TPSA) is 52.0 Å². The lowest BCUT2D eigenvalue weighted by Crippen LogP contribution is -2.07. The molecule has 0 aliphatic carbocycles. The van der Waals surface area contributed by atoms with Gasteiger partial charge in [-0.1, -0.05) is 23.7 Å². The van der Waals surface area contributed by atoms with Crippen molar-refractivity contribution in [1.82, 2.24) is 9.55 Å². The smallest absolute Gasteiger partial charge is 0.288 e. The van der Waals surface area contributed by atoms with Gasteiger partial charge < -0.3 is 0 Å². The van der Waals surface area contributed by atoms with Crippen molar-refractivity contribution in [2.75, 3.05) is 6.26 Å². The van der Waals surface area contributed by atoms with Gasteiger partial charge in [0, 0.05) is 35.6 Å². The Hall–Kier alpha value is -2.25. The minimum Gasteiger partial charge on any atom is -0.299 e. The van der Waals surface area contributed by atoms with Crippen LogP contribution in [0, 0.1) is 0 Å². The van der Waals surface area contributed by atoms with E-state index in [1.165, 1.54) is 22.9 Å². The minimum atomic E-state index is -3.35. The number of benzene rings is 2. The Kier molecular flexibility index (Phi) is 4.62. The third-order valence-electron chi connectivity index (χ3n) is 3.78. The fourth-order valence-corrected chi connectivity index (χ4v) is 3.29. The van der Waals surface area contributed by atoms with Crippen molar-refractivity contribution in [3.63, 3.8) is 0 Å². The fourth-order valence-electron chi connectivity index (χ4n) is 2.47. The zero-order valence-electron chi connectivity index (χ0n) is 13.9. The molecule has 0 aliphatic rings. The summed E-state index contributed by atoms with van der Waals surface area (Å²) in [7, 11) is -3.35. The van der Waals surface area contributed by atoms with E-state index in [2.05, 4.69) is 4.98 Å². The lowest BCUT2D eigenvalue weighted by atomic mass is 10.2. The molecular formula is C18H15ClF2N2O2S. The molecule has 8 heteroatoms. The second-order valence-corrected chi connectivity index (χ2v) is 8.44. The van der Waals surface area contributed by atoms with Gasteiger partial charge in [-0.25, -0.2) is 13.4 Å². The SMILES string of the molecule is CC(F)(F)c1cn(-c2ccc(S(C)(=O)=O)cc2)c(-c2cccc(Cl)c2)n1. The van der Waals surface area contributed by atoms with E-state index in [1.807, 2.05) is 0 Å². The normalized spacial score (nSPS) is 12.3. The van der Waals surface area contributed by atoms with Crippen molar-refractivity contribution in [1.29, 1.82) is 0 Å². The third-order valence-corrected chi connectivity index (χ3v) is 5.15. The first-order valence-electron chi connectivity index (χ1n) is 7.60. The minimum absolute atomic E-state index is 0.145. The number of aromatic nitrogens is 2. The number of hydrogen-bond donors (Lipinski definition) is 0. The van der Waals surface area contributed by atoms with Gasteiger partial charge in [-0.15, -0.1) is 0 Å². The van der Waals surface area contributed by atoms with Gasteiger partial charge in [-0.2, -0.15) is 8.78 Å². The molecule has 0 saturated heterocycles. The quantitative estimate of drug-likeness (QED) is 0.641. The molecule has 0 radical (unpaired) electrons. The van der Waals surface area contributed by atoms with E-state index in [4.69, 9.17) is 11.6 Å². The Balaban J connectivity index is 2.18. The van der Waals surface area contributed by atoms with Gasteiger partial charge in [0.1, 0.15) is 11.5 Å². The third kappa shape index (κ3) is 3.78. The van der Waals surface area contributed by atoms with Gasteiger partial charge in [0.05, 0.1) is 4.90 Å². The molecule has 0 unspecified atom stereocenters. The van der Waals surface area contributed by atoms with Crippen LogP contribution in [0.2, 0.25) is 5.02 Å². The van der Waals surface area contributed by atoms with Crippen LogP contribution < -0.4 is 0 Å². The highest BCUT2D eigenvalue weighted by Gasteiger charge is 2.29. The molecule has 0 spiro atoms. The van der Waals surface area contributed by atoms with E-state index in [-0.39, 0.29) is 16.4 Å². The largest absolute Gasteiger partial charge is 0.299 e. The van der Waals surface area contributed by atoms with Crippen molar-refractivity contribution in [2.24, 2.45) is 0 Å². The zero-order valence-corrected chi connectivity index (χ0v) is 15.5. The summed E-state index contributed by atoms with van der Waals surface area (Å²) in [5, 5.41) is 0.453. The molecule has 0 amide bonds. The maximum atomic E-state index is 13.8. The Labute approximate surface area is 155 Å². The summed E-state index contributed by atoms with van der Waals surface area (Å²) in [6.45, 7) is 0.772. The van der Waals surface area contributed by atoms with E-state index >= 15 is 0 Å². The second-order valence-electron chi connectivity index (χ2n) is 5.98. The van der Waals surface area contributed by atoms with Gasteiger partial charge in [0.25, 0.3) is 5.92 Å². The summed E-state index contributed by atoms with van der Waals surface area (Å²) >= 11 is 6.01. The Morgan fingerprint density at radius 3 is 2.31 bits per heavy atom. The van der Waals surface area contributed by atoms with E-state index in [9.17, 15) is 17.2 Å². The highest BCUT2D eigenvalue weighted by molar-refractivity contribution is 7.90. The van der Waals surface area contributed by atoms with Gasteiger partial charge in [0.2, 0.25) is 0 Å². The molecule has 3 aromatic rings. The average molecular weight is 397 g/mol. The Morgan fingerprint density at radius 2 is 1.77 bits per heavy atom. The first-order chi connectivity index (χ1) is 12.1. The summed E-state index contributed by atoms with van der Waals surface area (Å²) in [5.74, 6) is -2.83. The van der Waals surface area contributed by atoms with Crippen LogP contribution in [-0.2, 0) is 15.8 Å². The summed E-state index contributed by atoms with van der Waals surface area (Å²) in [5.41, 5.74) is 0.690. The van der Waals surface area contributed by atoms with Crippen LogP contribution in [0.5, 0.6) is 0 Å². The van der Waals surface area contributed by atoms with Gasteiger partial charge in [0.15, 0.2) is 9.84 Å². The van der Waals surface area contributed by atoms with Crippen LogP contribution in [0.3, 0.4) is 0 Å². The molecule has 26 heavy (non-hydrogen) atoms. The number of nitrogens with zero attached hydrogens (tertiary/aromatic N) is 2. The maximum absolute atomic E-state index is 13.8. The standard InChI is InChI=1S/C18H15ClF2N2O2S/c1-18(20,21)16-11-23(14-6-8-15(9-7-14)26(2,24)25)17(22-16)12-4-3-5-13(19)10-12/h3-11H,1-2H3. The summed E-state index contributed by atoms with van der Waals surface area (Å²) in [6, 6.07) is 12.7. The van der Waals surface area contributed by atoms with Crippen LogP contribution in [0.25, 0.3) is 17.1 Å². The Bertz CT molecular complexity index is 1060. The molecular weight excluding hydrogens is 382 g/mol. The summed E-state index contributed by atoms with van der Waals surface area (Å²) in [6.07, 6.45) is 2.35. The molecule has 1 aromatic heterocycles. The molecule has 1 heterocycles. The molecule has 3 rings (SSSR count). The average Bonchev–Trinajstić information content (AvgIpc) is 3.00. The van der Waals surface area contributed by atoms with Crippen LogP contribution in [0.4, 0.5) is 8.78 Å². The highest BCUT2D eigenvalue weighted by atomic mass is 35.5. The first-order valence-corrected chi connectivity index (χ1v) is 9.87. The monoisotopic (exact) mass is 396 g/mol. The molecule has 0 fully saturated rings. The zero-order chi connectivity index (χ0) is 19.1. The van der Waals surface area contributed by atoms with Crippen LogP contribution in [-0.4, -0.2) is 24.2 Å². The molecule has 0 N–H and O–H groups in total. The molecule has 0 bridgehead atoms. The van der Waals surface area contributed by atoms with Crippen molar-refractivity contribution >= 4 is 21.4 Å². The molecule has 0 saturated carbocycles. The summed E-state index contributed by atoms with van der Waals surface area (Å²) < 4.78 is 52.3. The predicted molar refractivity (Wildman–Crippen MR) is 96.7 cm³/mol. The molecule has 2 aromatic carbocycles. The number of imidazole rings is 1. The number of hydrogen-bond acceptors (Lipinski definition) is 3. The molecule has 4 nitrogen and oxygen atoms in total. The number of alkyl halides is 2. The lowest BCUT2D eigenvalue weighted by Gasteiger charge is -2.09. The van der Waals surface area contributed by atoms with Crippen molar-refractivity contribution < 1.29 is 17.2 Å². The van der Waals surface area contributed by atoms with Crippen molar-refractivity contribution in [3.8, 4) is 17.1 Å². The van der Waals surface area contributed by atoms with Gasteiger partial charge in [-0.05, 0) is 36.4 Å². The fraction of sp³-hybridized carbons (Fsp3) is 0.167. The van der Waals surface area contributed by atoms with E-state index in [0.717, 1.165) is 13.2 Å². The predicted octanol–water partition coefficient (Wildman–Crippen LogP) is 4.71. The second kappa shape index (κ2) is 6.48.